The van der Waals surface area contributed by atoms with E-state index in [9.17, 15) is 9.35 Å². The van der Waals surface area contributed by atoms with Crippen LogP contribution in [0.5, 0.6) is 0 Å². The Hall–Kier alpha value is -1.38. The Bertz CT molecular complexity index is 268. The van der Waals surface area contributed by atoms with Gasteiger partial charge in [-0.05, 0) is 19.1 Å². The van der Waals surface area contributed by atoms with Gasteiger partial charge in [0.15, 0.2) is 0 Å². The third-order valence-electron chi connectivity index (χ3n) is 1.06. The zero-order valence-corrected chi connectivity index (χ0v) is 12.5. The minimum absolute atomic E-state index is 0.255. The predicted molar refractivity (Wildman–Crippen MR) is 76.5 cm³/mol. The van der Waals surface area contributed by atoms with Crippen molar-refractivity contribution in [3.05, 3.63) is 30.6 Å². The number of ketones is 1. The zero-order chi connectivity index (χ0) is 14.8. The van der Waals surface area contributed by atoms with Crippen LogP contribution in [0.15, 0.2) is 30.6 Å². The van der Waals surface area contributed by atoms with Crippen molar-refractivity contribution in [2.24, 2.45) is 0 Å². The van der Waals surface area contributed by atoms with Gasteiger partial charge >= 0.3 is 0 Å². The standard InChI is InChI=1S/C5H5N.C4H8O.C2H3N.C2H6OS/c1-2-4-6-5-3-1;1-3-4(2)5;1-2-3;1-4(2)3/h1-5H;3H2,1-2H3;1H3;1-2H3. The van der Waals surface area contributed by atoms with E-state index in [0.717, 1.165) is 0 Å². The van der Waals surface area contributed by atoms with Crippen molar-refractivity contribution >= 4 is 17.0 Å². The lowest BCUT2D eigenvalue weighted by Gasteiger charge is -1.87. The molecule has 1 aromatic heterocycles. The lowest BCUT2D eigenvalue weighted by molar-refractivity contribution is -0.116. The molecule has 0 radical (unpaired) electrons. The SMILES string of the molecule is CC#N.CCC(C)=O.C[S+](C)[O-].c1ccncc1. The average molecular weight is 270 g/mol. The molecule has 1 aromatic rings. The van der Waals surface area contributed by atoms with Gasteiger partial charge in [-0.3, -0.25) is 4.98 Å². The quantitative estimate of drug-likeness (QED) is 0.735. The predicted octanol–water partition coefficient (Wildman–Crippen LogP) is 2.59. The number of nitrogens with zero attached hydrogens (tertiary/aromatic N) is 2. The molecule has 4 nitrogen and oxygen atoms in total. The summed E-state index contributed by atoms with van der Waals surface area (Å²) in [5.41, 5.74) is 0. The molecule has 0 saturated heterocycles. The van der Waals surface area contributed by atoms with Gasteiger partial charge in [0, 0.05) is 25.7 Å². The van der Waals surface area contributed by atoms with Crippen LogP contribution in [0.25, 0.3) is 0 Å². The van der Waals surface area contributed by atoms with E-state index in [1.54, 1.807) is 37.9 Å². The summed E-state index contributed by atoms with van der Waals surface area (Å²) in [6, 6.07) is 7.47. The number of carbonyl (C=O) groups excluding carboxylic acids is 1. The summed E-state index contributed by atoms with van der Waals surface area (Å²) >= 11 is -0.611. The van der Waals surface area contributed by atoms with Crippen LogP contribution in [0.3, 0.4) is 0 Å². The first-order valence-electron chi connectivity index (χ1n) is 5.32. The van der Waals surface area contributed by atoms with Crippen LogP contribution >= 0.6 is 0 Å². The molecule has 0 unspecified atom stereocenters. The van der Waals surface area contributed by atoms with E-state index < -0.39 is 11.2 Å². The van der Waals surface area contributed by atoms with E-state index in [4.69, 9.17) is 5.26 Å². The molecule has 102 valence electrons. The second-order valence-corrected chi connectivity index (χ2v) is 4.53. The highest BCUT2D eigenvalue weighted by atomic mass is 32.2. The largest absolute Gasteiger partial charge is 0.617 e. The fourth-order valence-electron chi connectivity index (χ4n) is 0.313. The Balaban J connectivity index is -0.000000173. The number of hydrogen-bond donors (Lipinski definition) is 0. The van der Waals surface area contributed by atoms with E-state index in [1.165, 1.54) is 6.92 Å². The molecular formula is C13H22N2O2S. The molecule has 0 bridgehead atoms. The molecule has 0 aliphatic rings. The molecule has 0 N–H and O–H groups in total. The van der Waals surface area contributed by atoms with Gasteiger partial charge in [-0.2, -0.15) is 5.26 Å². The fourth-order valence-corrected chi connectivity index (χ4v) is 0.313. The maximum atomic E-state index is 9.81. The van der Waals surface area contributed by atoms with Crippen molar-refractivity contribution in [2.45, 2.75) is 27.2 Å². The highest BCUT2D eigenvalue weighted by molar-refractivity contribution is 7.89. The van der Waals surface area contributed by atoms with Gasteiger partial charge in [0.2, 0.25) is 0 Å². The summed E-state index contributed by atoms with van der Waals surface area (Å²) in [6.07, 6.45) is 7.44. The summed E-state index contributed by atoms with van der Waals surface area (Å²) < 4.78 is 9.56. The third kappa shape index (κ3) is 61.9. The van der Waals surface area contributed by atoms with Crippen molar-refractivity contribution in [1.82, 2.24) is 4.98 Å². The molecule has 0 fully saturated rings. The van der Waals surface area contributed by atoms with E-state index in [-0.39, 0.29) is 5.78 Å². The number of carbonyl (C=O) groups is 1. The molecule has 0 aliphatic heterocycles. The summed E-state index contributed by atoms with van der Waals surface area (Å²) in [4.78, 5) is 13.6. The van der Waals surface area contributed by atoms with E-state index >= 15 is 0 Å². The van der Waals surface area contributed by atoms with Crippen molar-refractivity contribution in [3.8, 4) is 6.07 Å². The van der Waals surface area contributed by atoms with E-state index in [2.05, 4.69) is 4.98 Å². The molecule has 0 atom stereocenters. The lowest BCUT2D eigenvalue weighted by Crippen LogP contribution is -1.86. The maximum Gasteiger partial charge on any atom is 0.129 e. The minimum atomic E-state index is -0.611. The van der Waals surface area contributed by atoms with E-state index in [1.807, 2.05) is 25.1 Å². The first kappa shape index (κ1) is 21.9. The maximum absolute atomic E-state index is 9.81. The average Bonchev–Trinajstić information content (AvgIpc) is 2.32. The zero-order valence-electron chi connectivity index (χ0n) is 11.7. The Morgan fingerprint density at radius 2 is 1.61 bits per heavy atom. The Kier molecular flexibility index (Phi) is 25.5. The summed E-state index contributed by atoms with van der Waals surface area (Å²) in [7, 11) is 0. The molecule has 1 heterocycles. The van der Waals surface area contributed by atoms with E-state index in [0.29, 0.717) is 6.42 Å². The third-order valence-corrected chi connectivity index (χ3v) is 1.06. The van der Waals surface area contributed by atoms with Gasteiger partial charge in [0.1, 0.15) is 5.78 Å². The number of Topliss-reactive ketones (excluding diaryl/α,β-unsaturated/α-hetero) is 1. The smallest absolute Gasteiger partial charge is 0.129 e. The Morgan fingerprint density at radius 1 is 1.33 bits per heavy atom. The number of aromatic nitrogens is 1. The second kappa shape index (κ2) is 21.0. The Morgan fingerprint density at radius 3 is 1.67 bits per heavy atom. The van der Waals surface area contributed by atoms with Gasteiger partial charge in [0.25, 0.3) is 0 Å². The molecule has 5 heteroatoms. The van der Waals surface area contributed by atoms with Gasteiger partial charge in [-0.15, -0.1) is 0 Å². The minimum Gasteiger partial charge on any atom is -0.617 e. The molecule has 0 amide bonds. The summed E-state index contributed by atoms with van der Waals surface area (Å²) in [5, 5.41) is 7.32. The molecule has 0 aliphatic carbocycles. The van der Waals surface area contributed by atoms with Gasteiger partial charge in [-0.1, -0.05) is 24.2 Å². The van der Waals surface area contributed by atoms with Crippen molar-refractivity contribution in [1.29, 1.82) is 5.26 Å². The van der Waals surface area contributed by atoms with Crippen molar-refractivity contribution < 1.29 is 9.35 Å². The molecular weight excluding hydrogens is 248 g/mol. The molecule has 0 spiro atoms. The lowest BCUT2D eigenvalue weighted by atomic mass is 10.4. The van der Waals surface area contributed by atoms with Gasteiger partial charge in [0.05, 0.1) is 18.6 Å². The van der Waals surface area contributed by atoms with Crippen LogP contribution in [-0.4, -0.2) is 27.8 Å². The number of rotatable bonds is 1. The summed E-state index contributed by atoms with van der Waals surface area (Å²) in [5.74, 6) is 0.255. The van der Waals surface area contributed by atoms with Crippen molar-refractivity contribution in [3.63, 3.8) is 0 Å². The van der Waals surface area contributed by atoms with Crippen LogP contribution in [0.2, 0.25) is 0 Å². The van der Waals surface area contributed by atoms with Crippen LogP contribution in [0.4, 0.5) is 0 Å². The topological polar surface area (TPSA) is 76.8 Å². The second-order valence-electron chi connectivity index (χ2n) is 3.05. The normalized spacial score (nSPS) is 7.22. The Labute approximate surface area is 113 Å². The van der Waals surface area contributed by atoms with Crippen molar-refractivity contribution in [2.75, 3.05) is 12.5 Å². The number of hydrogen-bond acceptors (Lipinski definition) is 4. The number of pyridine rings is 1. The highest BCUT2D eigenvalue weighted by Crippen LogP contribution is 1.73. The molecule has 0 aromatic carbocycles. The van der Waals surface area contributed by atoms with Crippen LogP contribution < -0.4 is 0 Å². The fraction of sp³-hybridized carbons (Fsp3) is 0.462. The molecule has 18 heavy (non-hydrogen) atoms. The van der Waals surface area contributed by atoms with Crippen LogP contribution in [0.1, 0.15) is 27.2 Å². The van der Waals surface area contributed by atoms with Crippen LogP contribution in [0, 0.1) is 11.3 Å². The molecule has 1 rings (SSSR count). The monoisotopic (exact) mass is 270 g/mol. The highest BCUT2D eigenvalue weighted by Gasteiger charge is 1.76. The first-order valence-corrected chi connectivity index (χ1v) is 7.29. The number of nitriles is 1. The van der Waals surface area contributed by atoms with Gasteiger partial charge in [-0.25, -0.2) is 0 Å². The summed E-state index contributed by atoms with van der Waals surface area (Å²) in [6.45, 7) is 4.86. The van der Waals surface area contributed by atoms with Gasteiger partial charge < -0.3 is 9.35 Å². The molecule has 0 saturated carbocycles. The van der Waals surface area contributed by atoms with Crippen LogP contribution in [-0.2, 0) is 16.0 Å². The first-order chi connectivity index (χ1) is 8.42.